The molecular formula is C15H21NO. The minimum absolute atomic E-state index is 0.105. The van der Waals surface area contributed by atoms with Crippen molar-refractivity contribution in [1.29, 1.82) is 0 Å². The molecule has 0 saturated heterocycles. The highest BCUT2D eigenvalue weighted by Crippen LogP contribution is 2.32. The topological polar surface area (TPSA) is 35.2 Å². The van der Waals surface area contributed by atoms with Crippen LogP contribution < -0.4 is 5.73 Å². The predicted molar refractivity (Wildman–Crippen MR) is 70.7 cm³/mol. The molecule has 2 heteroatoms. The summed E-state index contributed by atoms with van der Waals surface area (Å²) in [7, 11) is 0. The second kappa shape index (κ2) is 4.53. The molecular weight excluding hydrogens is 210 g/mol. The van der Waals surface area contributed by atoms with Crippen molar-refractivity contribution in [3.05, 3.63) is 47.2 Å². The van der Waals surface area contributed by atoms with Gasteiger partial charge in [0.2, 0.25) is 0 Å². The molecule has 1 aromatic rings. The average Bonchev–Trinajstić information content (AvgIpc) is 2.80. The third-order valence-electron chi connectivity index (χ3n) is 3.14. The summed E-state index contributed by atoms with van der Waals surface area (Å²) in [5.74, 6) is 0.918. The molecule has 0 saturated carbocycles. The van der Waals surface area contributed by atoms with E-state index in [0.717, 1.165) is 18.8 Å². The molecule has 1 heterocycles. The van der Waals surface area contributed by atoms with E-state index >= 15 is 0 Å². The van der Waals surface area contributed by atoms with E-state index in [4.69, 9.17) is 10.5 Å². The fourth-order valence-electron chi connectivity index (χ4n) is 2.26. The van der Waals surface area contributed by atoms with Gasteiger partial charge in [-0.2, -0.15) is 0 Å². The van der Waals surface area contributed by atoms with Gasteiger partial charge >= 0.3 is 0 Å². The molecule has 1 aliphatic rings. The van der Waals surface area contributed by atoms with Gasteiger partial charge in [0.15, 0.2) is 0 Å². The number of hydrogen-bond donors (Lipinski definition) is 1. The van der Waals surface area contributed by atoms with Crippen molar-refractivity contribution >= 4 is 0 Å². The van der Waals surface area contributed by atoms with Crippen LogP contribution in [0.15, 0.2) is 36.1 Å². The Morgan fingerprint density at radius 3 is 2.53 bits per heavy atom. The largest absolute Gasteiger partial charge is 0.496 e. The lowest BCUT2D eigenvalue weighted by molar-refractivity contribution is 0.225. The lowest BCUT2D eigenvalue weighted by atomic mass is 9.81. The quantitative estimate of drug-likeness (QED) is 0.847. The van der Waals surface area contributed by atoms with Crippen LogP contribution >= 0.6 is 0 Å². The molecule has 0 bridgehead atoms. The summed E-state index contributed by atoms with van der Waals surface area (Å²) >= 11 is 0. The van der Waals surface area contributed by atoms with Crippen LogP contribution in [0.1, 0.15) is 44.4 Å². The fourth-order valence-corrected chi connectivity index (χ4v) is 2.26. The van der Waals surface area contributed by atoms with E-state index in [9.17, 15) is 0 Å². The van der Waals surface area contributed by atoms with Gasteiger partial charge in [0.1, 0.15) is 5.76 Å². The lowest BCUT2D eigenvalue weighted by Gasteiger charge is -2.26. The minimum Gasteiger partial charge on any atom is -0.496 e. The van der Waals surface area contributed by atoms with Gasteiger partial charge < -0.3 is 10.5 Å². The Kier molecular flexibility index (Phi) is 3.25. The normalized spacial score (nSPS) is 17.5. The molecule has 0 aromatic heterocycles. The fraction of sp³-hybridized carbons (Fsp3) is 0.467. The molecule has 1 unspecified atom stereocenters. The lowest BCUT2D eigenvalue weighted by Crippen LogP contribution is -2.21. The molecule has 1 aliphatic heterocycles. The van der Waals surface area contributed by atoms with Crippen molar-refractivity contribution in [2.75, 3.05) is 6.61 Å². The molecule has 0 aliphatic carbocycles. The zero-order chi connectivity index (χ0) is 12.5. The number of rotatable bonds is 2. The van der Waals surface area contributed by atoms with Gasteiger partial charge in [-0.25, -0.2) is 0 Å². The summed E-state index contributed by atoms with van der Waals surface area (Å²) < 4.78 is 5.57. The van der Waals surface area contributed by atoms with E-state index < -0.39 is 0 Å². The molecule has 2 rings (SSSR count). The molecule has 1 atom stereocenters. The maximum atomic E-state index is 6.30. The average molecular weight is 231 g/mol. The van der Waals surface area contributed by atoms with Crippen LogP contribution in [-0.4, -0.2) is 6.61 Å². The van der Waals surface area contributed by atoms with Gasteiger partial charge in [-0.3, -0.25) is 0 Å². The van der Waals surface area contributed by atoms with Gasteiger partial charge in [0.05, 0.1) is 12.6 Å². The second-order valence-electron chi connectivity index (χ2n) is 5.56. The van der Waals surface area contributed by atoms with Crippen LogP contribution in [0.5, 0.6) is 0 Å². The zero-order valence-corrected chi connectivity index (χ0v) is 10.9. The first-order valence-electron chi connectivity index (χ1n) is 6.18. The molecule has 17 heavy (non-hydrogen) atoms. The van der Waals surface area contributed by atoms with Gasteiger partial charge in [-0.15, -0.1) is 0 Å². The van der Waals surface area contributed by atoms with Crippen molar-refractivity contribution in [3.8, 4) is 0 Å². The Morgan fingerprint density at radius 2 is 1.94 bits per heavy atom. The van der Waals surface area contributed by atoms with Crippen molar-refractivity contribution in [2.24, 2.45) is 5.73 Å². The molecule has 0 amide bonds. The predicted octanol–water partition coefficient (Wildman–Crippen LogP) is 3.29. The number of ether oxygens (including phenoxy) is 1. The van der Waals surface area contributed by atoms with E-state index in [0.29, 0.717) is 0 Å². The molecule has 0 spiro atoms. The summed E-state index contributed by atoms with van der Waals surface area (Å²) in [6.07, 6.45) is 3.07. The van der Waals surface area contributed by atoms with Gasteiger partial charge in [-0.1, -0.05) is 45.0 Å². The highest BCUT2D eigenvalue weighted by molar-refractivity contribution is 5.38. The van der Waals surface area contributed by atoms with E-state index in [-0.39, 0.29) is 11.5 Å². The van der Waals surface area contributed by atoms with Crippen LogP contribution in [0, 0.1) is 0 Å². The van der Waals surface area contributed by atoms with Crippen molar-refractivity contribution in [1.82, 2.24) is 0 Å². The van der Waals surface area contributed by atoms with E-state index in [1.54, 1.807) is 0 Å². The number of hydrogen-bond acceptors (Lipinski definition) is 2. The van der Waals surface area contributed by atoms with E-state index in [2.05, 4.69) is 45.0 Å². The van der Waals surface area contributed by atoms with Crippen molar-refractivity contribution < 1.29 is 4.74 Å². The first-order valence-corrected chi connectivity index (χ1v) is 6.18. The summed E-state index contributed by atoms with van der Waals surface area (Å²) in [5.41, 5.74) is 8.88. The summed E-state index contributed by atoms with van der Waals surface area (Å²) in [5, 5.41) is 0. The van der Waals surface area contributed by atoms with Crippen molar-refractivity contribution in [2.45, 2.75) is 38.6 Å². The Balaban J connectivity index is 2.38. The molecule has 2 nitrogen and oxygen atoms in total. The standard InChI is InChI=1S/C15H21NO/c1-15(2,3)12-8-5-4-7-11(12)14(16)13-9-6-10-17-13/h4-5,7-9,14H,6,10,16H2,1-3H3. The molecule has 2 N–H and O–H groups in total. The highest BCUT2D eigenvalue weighted by Gasteiger charge is 2.24. The number of benzene rings is 1. The van der Waals surface area contributed by atoms with Crippen LogP contribution in [0.2, 0.25) is 0 Å². The third kappa shape index (κ3) is 2.52. The zero-order valence-electron chi connectivity index (χ0n) is 10.9. The molecule has 0 radical (unpaired) electrons. The SMILES string of the molecule is CC(C)(C)c1ccccc1C(N)C1=CCCO1. The van der Waals surface area contributed by atoms with Crippen molar-refractivity contribution in [3.63, 3.8) is 0 Å². The Labute approximate surface area is 103 Å². The first-order chi connectivity index (χ1) is 8.00. The van der Waals surface area contributed by atoms with E-state index in [1.807, 2.05) is 6.07 Å². The highest BCUT2D eigenvalue weighted by atomic mass is 16.5. The molecule has 0 fully saturated rings. The Bertz CT molecular complexity index is 429. The summed E-state index contributed by atoms with van der Waals surface area (Å²) in [6, 6.07) is 8.24. The smallest absolute Gasteiger partial charge is 0.113 e. The number of nitrogens with two attached hydrogens (primary N) is 1. The summed E-state index contributed by atoms with van der Waals surface area (Å²) in [6.45, 7) is 7.40. The Morgan fingerprint density at radius 1 is 1.24 bits per heavy atom. The third-order valence-corrected chi connectivity index (χ3v) is 3.14. The maximum absolute atomic E-state index is 6.30. The Hall–Kier alpha value is -1.28. The van der Waals surface area contributed by atoms with Gasteiger partial charge in [0.25, 0.3) is 0 Å². The van der Waals surface area contributed by atoms with Crippen LogP contribution in [0.3, 0.4) is 0 Å². The summed E-state index contributed by atoms with van der Waals surface area (Å²) in [4.78, 5) is 0. The van der Waals surface area contributed by atoms with Gasteiger partial charge in [-0.05, 0) is 22.6 Å². The van der Waals surface area contributed by atoms with Crippen LogP contribution in [0.4, 0.5) is 0 Å². The first kappa shape index (κ1) is 12.2. The molecule has 1 aromatic carbocycles. The van der Waals surface area contributed by atoms with E-state index in [1.165, 1.54) is 11.1 Å². The maximum Gasteiger partial charge on any atom is 0.113 e. The molecule has 92 valence electrons. The van der Waals surface area contributed by atoms with Gasteiger partial charge in [0, 0.05) is 6.42 Å². The van der Waals surface area contributed by atoms with Crippen LogP contribution in [0.25, 0.3) is 0 Å². The minimum atomic E-state index is -0.132. The second-order valence-corrected chi connectivity index (χ2v) is 5.56. The van der Waals surface area contributed by atoms with Crippen LogP contribution in [-0.2, 0) is 10.2 Å². The monoisotopic (exact) mass is 231 g/mol.